The fraction of sp³-hybridized carbons (Fsp3) is 0.231. The van der Waals surface area contributed by atoms with Gasteiger partial charge in [-0.3, -0.25) is 14.5 Å². The van der Waals surface area contributed by atoms with Gasteiger partial charge in [-0.1, -0.05) is 18.2 Å². The Morgan fingerprint density at radius 1 is 1.35 bits per heavy atom. The zero-order valence-electron chi connectivity index (χ0n) is 11.0. The van der Waals surface area contributed by atoms with E-state index in [0.29, 0.717) is 22.3 Å². The SMILES string of the molecule is Cc1cc(NS(=O)(=O)C(C)C(=O)O)c2ccccc2n1. The largest absolute Gasteiger partial charge is 0.480 e. The number of sulfonamides is 1. The van der Waals surface area contributed by atoms with Crippen LogP contribution in [-0.4, -0.2) is 29.7 Å². The summed E-state index contributed by atoms with van der Waals surface area (Å²) in [7, 11) is -4.00. The van der Waals surface area contributed by atoms with Crippen LogP contribution in [0.4, 0.5) is 5.69 Å². The highest BCUT2D eigenvalue weighted by Crippen LogP contribution is 2.24. The molecule has 1 aromatic carbocycles. The summed E-state index contributed by atoms with van der Waals surface area (Å²) in [5, 5.41) is 7.92. The molecule has 0 aliphatic heterocycles. The van der Waals surface area contributed by atoms with Gasteiger partial charge in [0.25, 0.3) is 0 Å². The smallest absolute Gasteiger partial charge is 0.323 e. The molecule has 1 atom stereocenters. The van der Waals surface area contributed by atoms with E-state index in [1.54, 1.807) is 37.3 Å². The lowest BCUT2D eigenvalue weighted by Crippen LogP contribution is -2.32. The highest BCUT2D eigenvalue weighted by molar-refractivity contribution is 7.94. The number of rotatable bonds is 4. The molecule has 2 N–H and O–H groups in total. The molecular formula is C13H14N2O4S. The Morgan fingerprint density at radius 2 is 2.00 bits per heavy atom. The van der Waals surface area contributed by atoms with Crippen LogP contribution in [0.15, 0.2) is 30.3 Å². The second-order valence-corrected chi connectivity index (χ2v) is 6.46. The molecule has 6 nitrogen and oxygen atoms in total. The van der Waals surface area contributed by atoms with Crippen molar-refractivity contribution < 1.29 is 18.3 Å². The Morgan fingerprint density at radius 3 is 2.65 bits per heavy atom. The van der Waals surface area contributed by atoms with Gasteiger partial charge < -0.3 is 5.11 Å². The van der Waals surface area contributed by atoms with Crippen LogP contribution in [0.2, 0.25) is 0 Å². The number of aliphatic carboxylic acids is 1. The summed E-state index contributed by atoms with van der Waals surface area (Å²) in [5.74, 6) is -1.40. The number of hydrogen-bond acceptors (Lipinski definition) is 4. The van der Waals surface area contributed by atoms with E-state index < -0.39 is 21.2 Å². The van der Waals surface area contributed by atoms with Gasteiger partial charge in [-0.2, -0.15) is 0 Å². The quantitative estimate of drug-likeness (QED) is 0.895. The first-order valence-electron chi connectivity index (χ1n) is 5.92. The van der Waals surface area contributed by atoms with Crippen LogP contribution in [0.25, 0.3) is 10.9 Å². The molecule has 0 fully saturated rings. The van der Waals surface area contributed by atoms with Crippen molar-refractivity contribution in [2.45, 2.75) is 19.1 Å². The van der Waals surface area contributed by atoms with E-state index in [-0.39, 0.29) is 0 Å². The average Bonchev–Trinajstić information content (AvgIpc) is 2.37. The van der Waals surface area contributed by atoms with E-state index in [0.717, 1.165) is 6.92 Å². The number of fused-ring (bicyclic) bond motifs is 1. The number of hydrogen-bond donors (Lipinski definition) is 2. The third-order valence-corrected chi connectivity index (χ3v) is 4.55. The minimum atomic E-state index is -4.00. The van der Waals surface area contributed by atoms with Gasteiger partial charge >= 0.3 is 5.97 Å². The molecule has 1 unspecified atom stereocenters. The average molecular weight is 294 g/mol. The predicted octanol–water partition coefficient (Wildman–Crippen LogP) is 1.76. The number of benzene rings is 1. The van der Waals surface area contributed by atoms with Crippen molar-refractivity contribution in [2.75, 3.05) is 4.72 Å². The molecule has 1 aromatic heterocycles. The number of carboxylic acids is 1. The van der Waals surface area contributed by atoms with Crippen LogP contribution in [0.5, 0.6) is 0 Å². The Balaban J connectivity index is 2.52. The highest BCUT2D eigenvalue weighted by Gasteiger charge is 2.28. The maximum Gasteiger partial charge on any atom is 0.323 e. The van der Waals surface area contributed by atoms with Gasteiger partial charge in [-0.05, 0) is 26.0 Å². The molecule has 20 heavy (non-hydrogen) atoms. The van der Waals surface area contributed by atoms with E-state index in [1.807, 2.05) is 0 Å². The molecule has 106 valence electrons. The van der Waals surface area contributed by atoms with E-state index >= 15 is 0 Å². The van der Waals surface area contributed by atoms with Gasteiger partial charge in [0.05, 0.1) is 11.2 Å². The molecule has 0 radical (unpaired) electrons. The second kappa shape index (κ2) is 5.09. The first kappa shape index (κ1) is 14.3. The van der Waals surface area contributed by atoms with E-state index in [1.165, 1.54) is 0 Å². The molecule has 0 aliphatic carbocycles. The minimum Gasteiger partial charge on any atom is -0.480 e. The molecule has 0 saturated heterocycles. The fourth-order valence-electron chi connectivity index (χ4n) is 1.77. The Hall–Kier alpha value is -2.15. The van der Waals surface area contributed by atoms with Gasteiger partial charge in [-0.15, -0.1) is 0 Å². The molecule has 0 spiro atoms. The molecular weight excluding hydrogens is 280 g/mol. The van der Waals surface area contributed by atoms with Crippen molar-refractivity contribution >= 4 is 32.6 Å². The number of nitrogens with zero attached hydrogens (tertiary/aromatic N) is 1. The van der Waals surface area contributed by atoms with Crippen LogP contribution in [0.1, 0.15) is 12.6 Å². The summed E-state index contributed by atoms with van der Waals surface area (Å²) >= 11 is 0. The Bertz CT molecular complexity index is 771. The van der Waals surface area contributed by atoms with E-state index in [2.05, 4.69) is 9.71 Å². The first-order valence-corrected chi connectivity index (χ1v) is 7.47. The highest BCUT2D eigenvalue weighted by atomic mass is 32.2. The number of para-hydroxylation sites is 1. The van der Waals surface area contributed by atoms with Crippen molar-refractivity contribution in [1.82, 2.24) is 4.98 Å². The van der Waals surface area contributed by atoms with E-state index in [4.69, 9.17) is 5.11 Å². The van der Waals surface area contributed by atoms with Crippen molar-refractivity contribution in [3.8, 4) is 0 Å². The topological polar surface area (TPSA) is 96.4 Å². The molecule has 7 heteroatoms. The van der Waals surface area contributed by atoms with Crippen LogP contribution >= 0.6 is 0 Å². The third-order valence-electron chi connectivity index (χ3n) is 2.91. The summed E-state index contributed by atoms with van der Waals surface area (Å²) in [4.78, 5) is 15.1. The molecule has 0 amide bonds. The number of nitrogens with one attached hydrogen (secondary N) is 1. The normalized spacial score (nSPS) is 13.1. The minimum absolute atomic E-state index is 0.334. The van der Waals surface area contributed by atoms with Gasteiger partial charge in [0.1, 0.15) is 0 Å². The number of aryl methyl sites for hydroxylation is 1. The van der Waals surface area contributed by atoms with Crippen LogP contribution in [-0.2, 0) is 14.8 Å². The lowest BCUT2D eigenvalue weighted by atomic mass is 10.2. The lowest BCUT2D eigenvalue weighted by molar-refractivity contribution is -0.136. The molecule has 0 bridgehead atoms. The van der Waals surface area contributed by atoms with Crippen molar-refractivity contribution in [2.24, 2.45) is 0 Å². The Labute approximate surface area is 116 Å². The van der Waals surface area contributed by atoms with Crippen LogP contribution < -0.4 is 4.72 Å². The first-order chi connectivity index (χ1) is 9.31. The van der Waals surface area contributed by atoms with E-state index in [9.17, 15) is 13.2 Å². The summed E-state index contributed by atoms with van der Waals surface area (Å²) in [6.07, 6.45) is 0. The maximum absolute atomic E-state index is 12.0. The van der Waals surface area contributed by atoms with Crippen LogP contribution in [0, 0.1) is 6.92 Å². The summed E-state index contributed by atoms with van der Waals surface area (Å²) in [6.45, 7) is 2.87. The molecule has 2 aromatic rings. The number of carbonyl (C=O) groups is 1. The number of carboxylic acid groups (broad SMARTS) is 1. The van der Waals surface area contributed by atoms with Crippen LogP contribution in [0.3, 0.4) is 0 Å². The predicted molar refractivity (Wildman–Crippen MR) is 76.1 cm³/mol. The summed E-state index contributed by atoms with van der Waals surface area (Å²) < 4.78 is 26.3. The fourth-order valence-corrected chi connectivity index (χ4v) is 2.68. The molecule has 1 heterocycles. The number of pyridine rings is 1. The standard InChI is InChI=1S/C13H14N2O4S/c1-8-7-12(10-5-3-4-6-11(10)14-8)15-20(18,19)9(2)13(16)17/h3-7,9H,1-2H3,(H,14,15)(H,16,17). The van der Waals surface area contributed by atoms with Gasteiger partial charge in [-0.25, -0.2) is 8.42 Å². The van der Waals surface area contributed by atoms with Gasteiger partial charge in [0, 0.05) is 11.1 Å². The third kappa shape index (κ3) is 2.72. The zero-order valence-corrected chi connectivity index (χ0v) is 11.8. The van der Waals surface area contributed by atoms with Crippen molar-refractivity contribution in [3.63, 3.8) is 0 Å². The zero-order chi connectivity index (χ0) is 14.9. The summed E-state index contributed by atoms with van der Waals surface area (Å²) in [5.41, 5.74) is 1.62. The molecule has 2 rings (SSSR count). The van der Waals surface area contributed by atoms with Gasteiger partial charge in [0.15, 0.2) is 5.25 Å². The molecule has 0 aliphatic rings. The second-order valence-electron chi connectivity index (χ2n) is 4.46. The monoisotopic (exact) mass is 294 g/mol. The summed E-state index contributed by atoms with van der Waals surface area (Å²) in [6, 6.07) is 8.63. The van der Waals surface area contributed by atoms with Crippen molar-refractivity contribution in [1.29, 1.82) is 0 Å². The maximum atomic E-state index is 12.0. The molecule has 0 saturated carbocycles. The van der Waals surface area contributed by atoms with Gasteiger partial charge in [0.2, 0.25) is 10.0 Å². The number of anilines is 1. The lowest BCUT2D eigenvalue weighted by Gasteiger charge is -2.13. The number of aromatic nitrogens is 1. The van der Waals surface area contributed by atoms with Crippen molar-refractivity contribution in [3.05, 3.63) is 36.0 Å². The Kier molecular flexibility index (Phi) is 3.63.